The summed E-state index contributed by atoms with van der Waals surface area (Å²) >= 11 is 11.8. The van der Waals surface area contributed by atoms with E-state index in [1.807, 2.05) is 30.3 Å². The lowest BCUT2D eigenvalue weighted by Gasteiger charge is -2.14. The predicted molar refractivity (Wildman–Crippen MR) is 141 cm³/mol. The van der Waals surface area contributed by atoms with Crippen LogP contribution in [0.4, 0.5) is 13.2 Å². The maximum Gasteiger partial charge on any atom is 0.453 e. The predicted octanol–water partition coefficient (Wildman–Crippen LogP) is 8.80. The molecule has 0 radical (unpaired) electrons. The van der Waals surface area contributed by atoms with Gasteiger partial charge in [0.25, 0.3) is 5.76 Å². The minimum Gasteiger partial charge on any atom is -0.449 e. The first kappa shape index (κ1) is 26.3. The molecule has 0 amide bonds. The molecule has 5 rings (SSSR count). The summed E-state index contributed by atoms with van der Waals surface area (Å²) in [7, 11) is 0. The number of hydrogen-bond donors (Lipinski definition) is 0. The molecule has 39 heavy (non-hydrogen) atoms. The van der Waals surface area contributed by atoms with Gasteiger partial charge >= 0.3 is 12.1 Å². The Bertz CT molecular complexity index is 1750. The van der Waals surface area contributed by atoms with E-state index in [2.05, 4.69) is 0 Å². The monoisotopic (exact) mass is 570 g/mol. The molecule has 0 aliphatic carbocycles. The molecule has 0 atom stereocenters. The summed E-state index contributed by atoms with van der Waals surface area (Å²) in [6.45, 7) is 0. The average Bonchev–Trinajstić information content (AvgIpc) is 2.92. The molecule has 4 aromatic carbocycles. The second-order valence-electron chi connectivity index (χ2n) is 8.26. The van der Waals surface area contributed by atoms with Crippen molar-refractivity contribution in [2.24, 2.45) is 0 Å². The standard InChI is InChI=1S/C29H15Cl2F3O5/c30-22-13-8-18(14-23(22)31)28(36)38-20-11-12-21-24(15-20)39-27(29(32,33)34)26(25(21)35)37-19-9-6-17(7-10-19)16-4-2-1-3-5-16/h1-15H. The molecule has 5 aromatic rings. The Morgan fingerprint density at radius 1 is 0.769 bits per heavy atom. The van der Waals surface area contributed by atoms with Crippen LogP contribution >= 0.6 is 23.2 Å². The first-order chi connectivity index (χ1) is 18.6. The summed E-state index contributed by atoms with van der Waals surface area (Å²) in [6, 6.07) is 23.1. The van der Waals surface area contributed by atoms with Gasteiger partial charge in [-0.05, 0) is 53.6 Å². The van der Waals surface area contributed by atoms with Gasteiger partial charge in [0.05, 0.1) is 21.0 Å². The molecule has 0 aliphatic rings. The molecule has 1 aromatic heterocycles. The number of benzene rings is 4. The molecular formula is C29H15Cl2F3O5. The zero-order valence-electron chi connectivity index (χ0n) is 19.6. The van der Waals surface area contributed by atoms with Gasteiger partial charge in [0, 0.05) is 6.07 Å². The zero-order chi connectivity index (χ0) is 27.7. The third kappa shape index (κ3) is 5.62. The normalized spacial score (nSPS) is 11.4. The Morgan fingerprint density at radius 2 is 1.44 bits per heavy atom. The molecule has 0 N–H and O–H groups in total. The molecule has 0 spiro atoms. The highest BCUT2D eigenvalue weighted by Crippen LogP contribution is 2.39. The fourth-order valence-corrected chi connectivity index (χ4v) is 4.05. The van der Waals surface area contributed by atoms with Crippen LogP contribution in [-0.4, -0.2) is 5.97 Å². The van der Waals surface area contributed by atoms with E-state index in [9.17, 15) is 22.8 Å². The van der Waals surface area contributed by atoms with Crippen LogP contribution in [0.1, 0.15) is 16.1 Å². The molecular weight excluding hydrogens is 556 g/mol. The number of fused-ring (bicyclic) bond motifs is 1. The summed E-state index contributed by atoms with van der Waals surface area (Å²) in [5.41, 5.74) is 0.286. The first-order valence-electron chi connectivity index (χ1n) is 11.3. The molecule has 0 bridgehead atoms. The minimum atomic E-state index is -5.06. The van der Waals surface area contributed by atoms with Gasteiger partial charge in [0.15, 0.2) is 0 Å². The van der Waals surface area contributed by atoms with Crippen molar-refractivity contribution in [3.8, 4) is 28.4 Å². The molecule has 0 fully saturated rings. The van der Waals surface area contributed by atoms with E-state index in [4.69, 9.17) is 37.1 Å². The van der Waals surface area contributed by atoms with Gasteiger partial charge < -0.3 is 13.9 Å². The van der Waals surface area contributed by atoms with Gasteiger partial charge in [0.1, 0.15) is 17.1 Å². The van der Waals surface area contributed by atoms with Crippen LogP contribution in [-0.2, 0) is 6.18 Å². The summed E-state index contributed by atoms with van der Waals surface area (Å²) in [6.07, 6.45) is -5.06. The highest BCUT2D eigenvalue weighted by atomic mass is 35.5. The molecule has 0 saturated heterocycles. The van der Waals surface area contributed by atoms with Gasteiger partial charge in [-0.3, -0.25) is 4.79 Å². The number of rotatable bonds is 5. The van der Waals surface area contributed by atoms with Crippen LogP contribution in [0.25, 0.3) is 22.1 Å². The fourth-order valence-electron chi connectivity index (χ4n) is 3.75. The van der Waals surface area contributed by atoms with Gasteiger partial charge in [-0.2, -0.15) is 13.2 Å². The van der Waals surface area contributed by atoms with Crippen molar-refractivity contribution < 1.29 is 31.9 Å². The lowest BCUT2D eigenvalue weighted by Crippen LogP contribution is -2.15. The Hall–Kier alpha value is -4.27. The van der Waals surface area contributed by atoms with Crippen molar-refractivity contribution in [3.05, 3.63) is 123 Å². The van der Waals surface area contributed by atoms with Gasteiger partial charge in [-0.25, -0.2) is 4.79 Å². The highest BCUT2D eigenvalue weighted by Gasteiger charge is 2.40. The van der Waals surface area contributed by atoms with Crippen molar-refractivity contribution >= 4 is 40.1 Å². The SMILES string of the molecule is O=C(Oc1ccc2c(=O)c(Oc3ccc(-c4ccccc4)cc3)c(C(F)(F)F)oc2c1)c1ccc(Cl)c(Cl)c1. The third-order valence-electron chi connectivity index (χ3n) is 5.63. The third-order valence-corrected chi connectivity index (χ3v) is 6.37. The number of esters is 1. The average molecular weight is 571 g/mol. The van der Waals surface area contributed by atoms with Crippen molar-refractivity contribution in [2.75, 3.05) is 0 Å². The summed E-state index contributed by atoms with van der Waals surface area (Å²) in [4.78, 5) is 25.6. The lowest BCUT2D eigenvalue weighted by molar-refractivity contribution is -0.154. The van der Waals surface area contributed by atoms with Crippen LogP contribution < -0.4 is 14.9 Å². The maximum atomic E-state index is 13.9. The molecule has 1 heterocycles. The van der Waals surface area contributed by atoms with Crippen molar-refractivity contribution in [1.82, 2.24) is 0 Å². The second kappa shape index (κ2) is 10.5. The van der Waals surface area contributed by atoms with Gasteiger partial charge in [-0.1, -0.05) is 65.7 Å². The van der Waals surface area contributed by atoms with E-state index in [1.165, 1.54) is 42.5 Å². The number of carbonyl (C=O) groups is 1. The molecule has 10 heteroatoms. The van der Waals surface area contributed by atoms with E-state index in [-0.39, 0.29) is 32.5 Å². The van der Waals surface area contributed by atoms with E-state index in [0.29, 0.717) is 0 Å². The van der Waals surface area contributed by atoms with Crippen LogP contribution in [0.3, 0.4) is 0 Å². The number of ether oxygens (including phenoxy) is 2. The number of hydrogen-bond acceptors (Lipinski definition) is 5. The Kier molecular flexibility index (Phi) is 7.08. The van der Waals surface area contributed by atoms with E-state index in [1.54, 1.807) is 12.1 Å². The number of alkyl halides is 3. The fraction of sp³-hybridized carbons (Fsp3) is 0.0345. The number of carbonyl (C=O) groups excluding carboxylic acids is 1. The maximum absolute atomic E-state index is 13.9. The second-order valence-corrected chi connectivity index (χ2v) is 9.07. The van der Waals surface area contributed by atoms with Crippen LogP contribution in [0.2, 0.25) is 10.0 Å². The molecule has 0 saturated carbocycles. The Morgan fingerprint density at radius 3 is 2.10 bits per heavy atom. The van der Waals surface area contributed by atoms with Crippen LogP contribution in [0, 0.1) is 0 Å². The molecule has 196 valence electrons. The quantitative estimate of drug-likeness (QED) is 0.156. The molecule has 5 nitrogen and oxygen atoms in total. The van der Waals surface area contributed by atoms with Crippen molar-refractivity contribution in [2.45, 2.75) is 6.18 Å². The summed E-state index contributed by atoms with van der Waals surface area (Å²) in [5.74, 6) is -3.62. The first-order valence-corrected chi connectivity index (χ1v) is 12.0. The van der Waals surface area contributed by atoms with E-state index in [0.717, 1.165) is 17.2 Å². The largest absolute Gasteiger partial charge is 0.453 e. The lowest BCUT2D eigenvalue weighted by atomic mass is 10.1. The summed E-state index contributed by atoms with van der Waals surface area (Å²) in [5, 5.41) is 0.145. The summed E-state index contributed by atoms with van der Waals surface area (Å²) < 4.78 is 57.5. The molecule has 0 unspecified atom stereocenters. The van der Waals surface area contributed by atoms with E-state index < -0.39 is 34.7 Å². The van der Waals surface area contributed by atoms with Gasteiger partial charge in [0.2, 0.25) is 11.2 Å². The van der Waals surface area contributed by atoms with Crippen molar-refractivity contribution in [3.63, 3.8) is 0 Å². The molecule has 0 aliphatic heterocycles. The zero-order valence-corrected chi connectivity index (χ0v) is 21.1. The van der Waals surface area contributed by atoms with Crippen LogP contribution in [0.5, 0.6) is 17.2 Å². The van der Waals surface area contributed by atoms with Crippen molar-refractivity contribution in [1.29, 1.82) is 0 Å². The Balaban J connectivity index is 1.48. The highest BCUT2D eigenvalue weighted by molar-refractivity contribution is 6.42. The minimum absolute atomic E-state index is 0.0130. The Labute approximate surface area is 228 Å². The topological polar surface area (TPSA) is 65.7 Å². The van der Waals surface area contributed by atoms with Crippen LogP contribution in [0.15, 0.2) is 100 Å². The van der Waals surface area contributed by atoms with Gasteiger partial charge in [-0.15, -0.1) is 0 Å². The number of halogens is 5. The van der Waals surface area contributed by atoms with E-state index >= 15 is 0 Å². The smallest absolute Gasteiger partial charge is 0.449 e.